The van der Waals surface area contributed by atoms with Crippen LogP contribution in [0, 0.1) is 0 Å². The van der Waals surface area contributed by atoms with Gasteiger partial charge in [0.1, 0.15) is 0 Å². The zero-order valence-corrected chi connectivity index (χ0v) is 16.8. The van der Waals surface area contributed by atoms with E-state index in [9.17, 15) is 0 Å². The molecule has 0 spiro atoms. The third-order valence-corrected chi connectivity index (χ3v) is 4.26. The summed E-state index contributed by atoms with van der Waals surface area (Å²) in [5.41, 5.74) is 2.51. The maximum atomic E-state index is 5.91. The van der Waals surface area contributed by atoms with Crippen molar-refractivity contribution in [2.24, 2.45) is 0 Å². The second-order valence-corrected chi connectivity index (χ2v) is 6.31. The van der Waals surface area contributed by atoms with Crippen LogP contribution in [-0.2, 0) is 13.0 Å². The number of halogens is 1. The van der Waals surface area contributed by atoms with Crippen LogP contribution in [0.15, 0.2) is 48.5 Å². The molecule has 2 rings (SSSR count). The number of benzene rings is 2. The number of hydrogen-bond acceptors (Lipinski definition) is 3. The van der Waals surface area contributed by atoms with Crippen molar-refractivity contribution >= 4 is 12.4 Å². The van der Waals surface area contributed by atoms with Crippen LogP contribution in [0.1, 0.15) is 43.7 Å². The lowest BCUT2D eigenvalue weighted by Gasteiger charge is -2.13. The highest BCUT2D eigenvalue weighted by molar-refractivity contribution is 5.85. The molecule has 3 nitrogen and oxygen atoms in total. The first kappa shape index (κ1) is 22.3. The van der Waals surface area contributed by atoms with Gasteiger partial charge in [0.15, 0.2) is 11.5 Å². The SMILES string of the molecule is CCCCCCNCc1ccc(OCCc2ccccc2)c(OC)c1.Cl. The predicted molar refractivity (Wildman–Crippen MR) is 112 cm³/mol. The summed E-state index contributed by atoms with van der Waals surface area (Å²) >= 11 is 0. The van der Waals surface area contributed by atoms with Crippen LogP contribution in [0.3, 0.4) is 0 Å². The summed E-state index contributed by atoms with van der Waals surface area (Å²) in [6.45, 7) is 4.82. The molecule has 0 aliphatic heterocycles. The molecule has 0 saturated carbocycles. The van der Waals surface area contributed by atoms with Gasteiger partial charge in [-0.25, -0.2) is 0 Å². The van der Waals surface area contributed by atoms with Crippen molar-refractivity contribution in [1.29, 1.82) is 0 Å². The van der Waals surface area contributed by atoms with E-state index in [1.807, 2.05) is 12.1 Å². The molecule has 0 aliphatic carbocycles. The van der Waals surface area contributed by atoms with E-state index in [1.54, 1.807) is 7.11 Å². The lowest BCUT2D eigenvalue weighted by Crippen LogP contribution is -2.14. The summed E-state index contributed by atoms with van der Waals surface area (Å²) in [7, 11) is 1.70. The summed E-state index contributed by atoms with van der Waals surface area (Å²) in [6.07, 6.45) is 6.05. The molecule has 4 heteroatoms. The molecule has 0 unspecified atom stereocenters. The van der Waals surface area contributed by atoms with Crippen LogP contribution in [0.25, 0.3) is 0 Å². The minimum absolute atomic E-state index is 0. The van der Waals surface area contributed by atoms with Crippen molar-refractivity contribution < 1.29 is 9.47 Å². The molecule has 0 aromatic heterocycles. The smallest absolute Gasteiger partial charge is 0.161 e. The second-order valence-electron chi connectivity index (χ2n) is 6.31. The molecule has 0 saturated heterocycles. The van der Waals surface area contributed by atoms with Gasteiger partial charge in [0.2, 0.25) is 0 Å². The zero-order chi connectivity index (χ0) is 17.7. The van der Waals surface area contributed by atoms with Crippen LogP contribution in [0.4, 0.5) is 0 Å². The Balaban J connectivity index is 0.00000338. The highest BCUT2D eigenvalue weighted by Crippen LogP contribution is 2.28. The zero-order valence-electron chi connectivity index (χ0n) is 16.0. The van der Waals surface area contributed by atoms with Gasteiger partial charge in [-0.1, -0.05) is 62.6 Å². The highest BCUT2D eigenvalue weighted by atomic mass is 35.5. The van der Waals surface area contributed by atoms with Gasteiger partial charge in [0.25, 0.3) is 0 Å². The molecule has 2 aromatic carbocycles. The van der Waals surface area contributed by atoms with E-state index >= 15 is 0 Å². The Morgan fingerprint density at radius 2 is 1.69 bits per heavy atom. The first-order valence-corrected chi connectivity index (χ1v) is 9.38. The summed E-state index contributed by atoms with van der Waals surface area (Å²) in [5.74, 6) is 1.61. The third-order valence-electron chi connectivity index (χ3n) is 4.26. The monoisotopic (exact) mass is 377 g/mol. The summed E-state index contributed by atoms with van der Waals surface area (Å²) in [4.78, 5) is 0. The van der Waals surface area contributed by atoms with E-state index in [0.717, 1.165) is 31.0 Å². The largest absolute Gasteiger partial charge is 0.493 e. The molecular formula is C22H32ClNO2. The lowest BCUT2D eigenvalue weighted by atomic mass is 10.1. The van der Waals surface area contributed by atoms with Gasteiger partial charge in [-0.15, -0.1) is 12.4 Å². The van der Waals surface area contributed by atoms with Gasteiger partial charge in [-0.3, -0.25) is 0 Å². The molecule has 0 bridgehead atoms. The molecule has 0 fully saturated rings. The van der Waals surface area contributed by atoms with Crippen molar-refractivity contribution in [1.82, 2.24) is 5.32 Å². The molecule has 26 heavy (non-hydrogen) atoms. The van der Waals surface area contributed by atoms with E-state index in [0.29, 0.717) is 6.61 Å². The van der Waals surface area contributed by atoms with Crippen LogP contribution < -0.4 is 14.8 Å². The van der Waals surface area contributed by atoms with E-state index in [-0.39, 0.29) is 12.4 Å². The Hall–Kier alpha value is -1.71. The van der Waals surface area contributed by atoms with Gasteiger partial charge in [0.05, 0.1) is 13.7 Å². The van der Waals surface area contributed by atoms with Crippen molar-refractivity contribution in [3.63, 3.8) is 0 Å². The Labute approximate surface area is 164 Å². The normalized spacial score (nSPS) is 10.2. The molecule has 0 heterocycles. The molecule has 2 aromatic rings. The summed E-state index contributed by atoms with van der Waals surface area (Å²) < 4.78 is 11.4. The fraction of sp³-hybridized carbons (Fsp3) is 0.455. The quantitative estimate of drug-likeness (QED) is 0.502. The van der Waals surface area contributed by atoms with E-state index in [4.69, 9.17) is 9.47 Å². The van der Waals surface area contributed by atoms with Crippen LogP contribution in [0.5, 0.6) is 11.5 Å². The fourth-order valence-corrected chi connectivity index (χ4v) is 2.77. The van der Waals surface area contributed by atoms with Crippen molar-refractivity contribution in [3.8, 4) is 11.5 Å². The Morgan fingerprint density at radius 3 is 2.42 bits per heavy atom. The second kappa shape index (κ2) is 13.5. The minimum atomic E-state index is 0. The van der Waals surface area contributed by atoms with Gasteiger partial charge in [-0.05, 0) is 36.2 Å². The van der Waals surface area contributed by atoms with Gasteiger partial charge in [0, 0.05) is 13.0 Å². The topological polar surface area (TPSA) is 30.5 Å². The van der Waals surface area contributed by atoms with Gasteiger partial charge < -0.3 is 14.8 Å². The molecule has 0 aliphatic rings. The molecule has 0 radical (unpaired) electrons. The Kier molecular flexibility index (Phi) is 11.6. The third kappa shape index (κ3) is 8.11. The Morgan fingerprint density at radius 1 is 0.885 bits per heavy atom. The molecule has 0 atom stereocenters. The number of hydrogen-bond donors (Lipinski definition) is 1. The predicted octanol–water partition coefficient (Wildman–Crippen LogP) is 5.41. The molecule has 144 valence electrons. The minimum Gasteiger partial charge on any atom is -0.493 e. The summed E-state index contributed by atoms with van der Waals surface area (Å²) in [6, 6.07) is 16.6. The highest BCUT2D eigenvalue weighted by Gasteiger charge is 2.06. The fourth-order valence-electron chi connectivity index (χ4n) is 2.77. The van der Waals surface area contributed by atoms with Crippen LogP contribution in [0.2, 0.25) is 0 Å². The maximum absolute atomic E-state index is 5.91. The standard InChI is InChI=1S/C22H31NO2.ClH/c1-3-4-5-9-15-23-18-20-12-13-21(22(17-20)24-2)25-16-14-19-10-7-6-8-11-19;/h6-8,10-13,17,23H,3-5,9,14-16,18H2,1-2H3;1H. The molecule has 1 N–H and O–H groups in total. The van der Waals surface area contributed by atoms with Crippen molar-refractivity contribution in [2.75, 3.05) is 20.3 Å². The average molecular weight is 378 g/mol. The molecule has 0 amide bonds. The lowest BCUT2D eigenvalue weighted by molar-refractivity contribution is 0.297. The number of ether oxygens (including phenoxy) is 2. The maximum Gasteiger partial charge on any atom is 0.161 e. The Bertz CT molecular complexity index is 604. The number of unbranched alkanes of at least 4 members (excludes halogenated alkanes) is 3. The number of rotatable bonds is 12. The molecular weight excluding hydrogens is 346 g/mol. The first-order chi connectivity index (χ1) is 12.3. The van der Waals surface area contributed by atoms with Crippen LogP contribution >= 0.6 is 12.4 Å². The van der Waals surface area contributed by atoms with E-state index < -0.39 is 0 Å². The average Bonchev–Trinajstić information content (AvgIpc) is 2.66. The van der Waals surface area contributed by atoms with Crippen molar-refractivity contribution in [3.05, 3.63) is 59.7 Å². The number of methoxy groups -OCH3 is 1. The van der Waals surface area contributed by atoms with Crippen molar-refractivity contribution in [2.45, 2.75) is 45.6 Å². The van der Waals surface area contributed by atoms with Gasteiger partial charge >= 0.3 is 0 Å². The summed E-state index contributed by atoms with van der Waals surface area (Å²) in [5, 5.41) is 3.50. The van der Waals surface area contributed by atoms with E-state index in [1.165, 1.54) is 36.8 Å². The van der Waals surface area contributed by atoms with Crippen LogP contribution in [-0.4, -0.2) is 20.3 Å². The first-order valence-electron chi connectivity index (χ1n) is 9.38. The van der Waals surface area contributed by atoms with E-state index in [2.05, 4.69) is 48.6 Å². The number of nitrogens with one attached hydrogen (secondary N) is 1. The van der Waals surface area contributed by atoms with Gasteiger partial charge in [-0.2, -0.15) is 0 Å².